The predicted molar refractivity (Wildman–Crippen MR) is 40.2 cm³/mol. The van der Waals surface area contributed by atoms with Gasteiger partial charge in [-0.25, -0.2) is 0 Å². The summed E-state index contributed by atoms with van der Waals surface area (Å²) in [5, 5.41) is 3.05. The van der Waals surface area contributed by atoms with E-state index in [9.17, 15) is 8.78 Å². The Labute approximate surface area is 70.7 Å². The fourth-order valence-corrected chi connectivity index (χ4v) is 1.09. The van der Waals surface area contributed by atoms with Crippen LogP contribution in [0.25, 0.3) is 0 Å². The molecule has 0 saturated carbocycles. The standard InChI is InChI=1S/C6H11F2NO.ClH/c7-6(8)10-4-5-2-1-3-9-5;/h5-6,9H,1-4H2;1H. The molecule has 1 unspecified atom stereocenters. The maximum atomic E-state index is 11.4. The first kappa shape index (κ1) is 11.1. The lowest BCUT2D eigenvalue weighted by atomic mass is 10.2. The van der Waals surface area contributed by atoms with Crippen LogP contribution in [0, 0.1) is 0 Å². The summed E-state index contributed by atoms with van der Waals surface area (Å²) in [4.78, 5) is 0. The third kappa shape index (κ3) is 4.50. The van der Waals surface area contributed by atoms with Crippen molar-refractivity contribution in [2.75, 3.05) is 13.2 Å². The Morgan fingerprint density at radius 3 is 2.73 bits per heavy atom. The van der Waals surface area contributed by atoms with Gasteiger partial charge in [-0.05, 0) is 19.4 Å². The summed E-state index contributed by atoms with van der Waals surface area (Å²) in [6.45, 7) is -1.56. The zero-order chi connectivity index (χ0) is 7.40. The quantitative estimate of drug-likeness (QED) is 0.721. The molecule has 0 aliphatic carbocycles. The van der Waals surface area contributed by atoms with Crippen molar-refractivity contribution in [2.45, 2.75) is 25.5 Å². The second-order valence-corrected chi connectivity index (χ2v) is 2.39. The minimum atomic E-state index is -2.62. The summed E-state index contributed by atoms with van der Waals surface area (Å²) in [5.41, 5.74) is 0. The summed E-state index contributed by atoms with van der Waals surface area (Å²) in [7, 11) is 0. The number of hydrogen-bond acceptors (Lipinski definition) is 2. The minimum absolute atomic E-state index is 0. The Balaban J connectivity index is 0.000001000. The third-order valence-electron chi connectivity index (χ3n) is 1.59. The Morgan fingerprint density at radius 2 is 2.27 bits per heavy atom. The average molecular weight is 188 g/mol. The number of hydrogen-bond donors (Lipinski definition) is 1. The molecule has 1 N–H and O–H groups in total. The lowest BCUT2D eigenvalue weighted by Crippen LogP contribution is -2.27. The van der Waals surface area contributed by atoms with Gasteiger partial charge in [0.15, 0.2) is 0 Å². The van der Waals surface area contributed by atoms with Gasteiger partial charge in [0.2, 0.25) is 0 Å². The first-order valence-corrected chi connectivity index (χ1v) is 3.42. The molecule has 68 valence electrons. The fraction of sp³-hybridized carbons (Fsp3) is 1.00. The first-order valence-electron chi connectivity index (χ1n) is 3.42. The number of ether oxygens (including phenoxy) is 1. The van der Waals surface area contributed by atoms with E-state index in [1.807, 2.05) is 0 Å². The van der Waals surface area contributed by atoms with Crippen LogP contribution in [0.15, 0.2) is 0 Å². The number of alkyl halides is 2. The molecule has 2 nitrogen and oxygen atoms in total. The molecule has 1 aliphatic heterocycles. The molecule has 1 saturated heterocycles. The van der Waals surface area contributed by atoms with Crippen molar-refractivity contribution >= 4 is 12.4 Å². The van der Waals surface area contributed by atoms with Crippen molar-refractivity contribution in [1.29, 1.82) is 0 Å². The maximum Gasteiger partial charge on any atom is 0.345 e. The molecule has 0 radical (unpaired) electrons. The number of nitrogens with one attached hydrogen (secondary N) is 1. The highest BCUT2D eigenvalue weighted by molar-refractivity contribution is 5.85. The van der Waals surface area contributed by atoms with Crippen molar-refractivity contribution in [3.05, 3.63) is 0 Å². The fourth-order valence-electron chi connectivity index (χ4n) is 1.09. The molecule has 0 spiro atoms. The summed E-state index contributed by atoms with van der Waals surface area (Å²) in [5.74, 6) is 0. The van der Waals surface area contributed by atoms with Crippen LogP contribution in [0.2, 0.25) is 0 Å². The van der Waals surface area contributed by atoms with Gasteiger partial charge in [-0.1, -0.05) is 0 Å². The Kier molecular flexibility index (Phi) is 5.72. The maximum absolute atomic E-state index is 11.4. The SMILES string of the molecule is Cl.FC(F)OCC1CCCN1. The summed E-state index contributed by atoms with van der Waals surface area (Å²) < 4.78 is 27.0. The van der Waals surface area contributed by atoms with Crippen LogP contribution >= 0.6 is 12.4 Å². The summed E-state index contributed by atoms with van der Waals surface area (Å²) >= 11 is 0. The highest BCUT2D eigenvalue weighted by Crippen LogP contribution is 2.06. The zero-order valence-electron chi connectivity index (χ0n) is 6.06. The molecule has 5 heteroatoms. The smallest absolute Gasteiger partial charge is 0.321 e. The second kappa shape index (κ2) is 5.69. The van der Waals surface area contributed by atoms with Crippen molar-refractivity contribution < 1.29 is 13.5 Å². The lowest BCUT2D eigenvalue weighted by Gasteiger charge is -2.08. The predicted octanol–water partition coefficient (Wildman–Crippen LogP) is 1.40. The molecule has 0 aromatic carbocycles. The van der Waals surface area contributed by atoms with Gasteiger partial charge in [-0.2, -0.15) is 8.78 Å². The Hall–Kier alpha value is 0.0700. The van der Waals surface area contributed by atoms with Crippen molar-refractivity contribution in [3.8, 4) is 0 Å². The van der Waals surface area contributed by atoms with E-state index in [1.165, 1.54) is 0 Å². The molecule has 1 rings (SSSR count). The van der Waals surface area contributed by atoms with E-state index in [0.29, 0.717) is 0 Å². The number of rotatable bonds is 3. The van der Waals surface area contributed by atoms with E-state index in [0.717, 1.165) is 19.4 Å². The Bertz CT molecular complexity index is 98.6. The topological polar surface area (TPSA) is 21.3 Å². The minimum Gasteiger partial charge on any atom is -0.321 e. The van der Waals surface area contributed by atoms with Crippen LogP contribution < -0.4 is 5.32 Å². The van der Waals surface area contributed by atoms with Gasteiger partial charge < -0.3 is 10.1 Å². The van der Waals surface area contributed by atoms with Gasteiger partial charge in [-0.3, -0.25) is 0 Å². The molecule has 1 aliphatic rings. The lowest BCUT2D eigenvalue weighted by molar-refractivity contribution is -0.132. The van der Waals surface area contributed by atoms with Gasteiger partial charge in [-0.15, -0.1) is 12.4 Å². The molecule has 11 heavy (non-hydrogen) atoms. The molecule has 1 fully saturated rings. The monoisotopic (exact) mass is 187 g/mol. The van der Waals surface area contributed by atoms with E-state index < -0.39 is 6.61 Å². The van der Waals surface area contributed by atoms with Gasteiger partial charge in [0, 0.05) is 6.04 Å². The largest absolute Gasteiger partial charge is 0.345 e. The van der Waals surface area contributed by atoms with Crippen LogP contribution in [0.5, 0.6) is 0 Å². The van der Waals surface area contributed by atoms with Gasteiger partial charge >= 0.3 is 6.61 Å². The van der Waals surface area contributed by atoms with Crippen LogP contribution in [0.3, 0.4) is 0 Å². The van der Waals surface area contributed by atoms with Crippen molar-refractivity contribution in [1.82, 2.24) is 5.32 Å². The van der Waals surface area contributed by atoms with Crippen LogP contribution in [0.4, 0.5) is 8.78 Å². The zero-order valence-corrected chi connectivity index (χ0v) is 6.87. The molecular formula is C6H12ClF2NO. The molecule has 0 aromatic heterocycles. The van der Waals surface area contributed by atoms with E-state index >= 15 is 0 Å². The van der Waals surface area contributed by atoms with Gasteiger partial charge in [0.1, 0.15) is 0 Å². The second-order valence-electron chi connectivity index (χ2n) is 2.39. The van der Waals surface area contributed by atoms with Gasteiger partial charge in [0.25, 0.3) is 0 Å². The van der Waals surface area contributed by atoms with Crippen LogP contribution in [-0.4, -0.2) is 25.8 Å². The summed E-state index contributed by atoms with van der Waals surface area (Å²) in [6.07, 6.45) is 2.02. The molecule has 1 atom stereocenters. The third-order valence-corrected chi connectivity index (χ3v) is 1.59. The Morgan fingerprint density at radius 1 is 1.55 bits per heavy atom. The van der Waals surface area contributed by atoms with Gasteiger partial charge in [0.05, 0.1) is 6.61 Å². The normalized spacial score (nSPS) is 23.7. The summed E-state index contributed by atoms with van der Waals surface area (Å²) in [6, 6.07) is 0.147. The van der Waals surface area contributed by atoms with Crippen LogP contribution in [-0.2, 0) is 4.74 Å². The van der Waals surface area contributed by atoms with E-state index in [1.54, 1.807) is 0 Å². The average Bonchev–Trinajstić information content (AvgIpc) is 2.34. The van der Waals surface area contributed by atoms with Crippen molar-refractivity contribution in [2.24, 2.45) is 0 Å². The molecule has 0 bridgehead atoms. The number of halogens is 3. The van der Waals surface area contributed by atoms with Crippen molar-refractivity contribution in [3.63, 3.8) is 0 Å². The van der Waals surface area contributed by atoms with E-state index in [2.05, 4.69) is 10.1 Å². The van der Waals surface area contributed by atoms with Crippen LogP contribution in [0.1, 0.15) is 12.8 Å². The molecule has 0 amide bonds. The first-order chi connectivity index (χ1) is 4.79. The van der Waals surface area contributed by atoms with E-state index in [-0.39, 0.29) is 25.1 Å². The highest BCUT2D eigenvalue weighted by Gasteiger charge is 2.15. The molecular weight excluding hydrogens is 176 g/mol. The molecule has 0 aromatic rings. The van der Waals surface area contributed by atoms with E-state index in [4.69, 9.17) is 0 Å². The highest BCUT2D eigenvalue weighted by atomic mass is 35.5. The molecule has 1 heterocycles.